The molecule has 1 rings (SSSR count). The first-order valence-electron chi connectivity index (χ1n) is 8.22. The smallest absolute Gasteiger partial charge is 0.0610 e. The topological polar surface area (TPSA) is 38.7 Å². The van der Waals surface area contributed by atoms with Crippen LogP contribution in [0.5, 0.6) is 0 Å². The van der Waals surface area contributed by atoms with Gasteiger partial charge in [-0.05, 0) is 53.8 Å². The number of nitrogens with zero attached hydrogens (tertiary/aromatic N) is 2. The molecular weight excluding hydrogens is 250 g/mol. The summed E-state index contributed by atoms with van der Waals surface area (Å²) in [5.41, 5.74) is -0.0998. The van der Waals surface area contributed by atoms with E-state index in [9.17, 15) is 5.11 Å². The molecule has 4 heteroatoms. The molecule has 1 heterocycles. The van der Waals surface area contributed by atoms with E-state index < -0.39 is 0 Å². The Bertz CT molecular complexity index is 262. The van der Waals surface area contributed by atoms with Crippen molar-refractivity contribution in [2.24, 2.45) is 0 Å². The van der Waals surface area contributed by atoms with Crippen molar-refractivity contribution >= 4 is 0 Å². The third-order valence-corrected chi connectivity index (χ3v) is 4.84. The number of rotatable bonds is 8. The average molecular weight is 285 g/mol. The van der Waals surface area contributed by atoms with Crippen LogP contribution >= 0.6 is 0 Å². The number of likely N-dealkylation sites (N-methyl/N-ethyl adjacent to an activating group) is 2. The highest BCUT2D eigenvalue weighted by Gasteiger charge is 2.26. The van der Waals surface area contributed by atoms with E-state index >= 15 is 0 Å². The minimum absolute atomic E-state index is 0.0998. The molecule has 0 aromatic carbocycles. The minimum Gasteiger partial charge on any atom is -0.394 e. The number of hydrogen-bond donors (Lipinski definition) is 2. The van der Waals surface area contributed by atoms with E-state index in [1.807, 2.05) is 0 Å². The maximum atomic E-state index is 9.48. The van der Waals surface area contributed by atoms with Gasteiger partial charge in [-0.15, -0.1) is 0 Å². The summed E-state index contributed by atoms with van der Waals surface area (Å²) < 4.78 is 0. The molecule has 0 saturated carbocycles. The van der Waals surface area contributed by atoms with E-state index in [1.165, 1.54) is 32.5 Å². The third kappa shape index (κ3) is 5.32. The molecule has 20 heavy (non-hydrogen) atoms. The second kappa shape index (κ2) is 8.32. The molecule has 2 N–H and O–H groups in total. The Morgan fingerprint density at radius 1 is 1.20 bits per heavy atom. The van der Waals surface area contributed by atoms with E-state index in [4.69, 9.17) is 0 Å². The largest absolute Gasteiger partial charge is 0.394 e. The van der Waals surface area contributed by atoms with Crippen molar-refractivity contribution in [1.29, 1.82) is 0 Å². The van der Waals surface area contributed by atoms with E-state index in [-0.39, 0.29) is 12.1 Å². The highest BCUT2D eigenvalue weighted by Crippen LogP contribution is 2.16. The van der Waals surface area contributed by atoms with Gasteiger partial charge in [0.25, 0.3) is 0 Å². The average Bonchev–Trinajstić information content (AvgIpc) is 2.41. The highest BCUT2D eigenvalue weighted by molar-refractivity contribution is 4.84. The van der Waals surface area contributed by atoms with Gasteiger partial charge in [0.2, 0.25) is 0 Å². The molecule has 0 aliphatic carbocycles. The summed E-state index contributed by atoms with van der Waals surface area (Å²) in [7, 11) is 2.23. The van der Waals surface area contributed by atoms with Crippen LogP contribution in [-0.2, 0) is 0 Å². The molecular formula is C16H35N3O. The number of aliphatic hydroxyl groups excluding tert-OH is 1. The predicted molar refractivity (Wildman–Crippen MR) is 86.1 cm³/mol. The Morgan fingerprint density at radius 2 is 1.80 bits per heavy atom. The minimum atomic E-state index is -0.0998. The zero-order valence-corrected chi connectivity index (χ0v) is 14.2. The van der Waals surface area contributed by atoms with Gasteiger partial charge >= 0.3 is 0 Å². The van der Waals surface area contributed by atoms with E-state index in [2.05, 4.69) is 49.9 Å². The summed E-state index contributed by atoms with van der Waals surface area (Å²) in [6.07, 6.45) is 3.46. The zero-order valence-electron chi connectivity index (χ0n) is 14.2. The van der Waals surface area contributed by atoms with E-state index in [0.717, 1.165) is 13.0 Å². The molecule has 3 atom stereocenters. The number of piperazine rings is 1. The summed E-state index contributed by atoms with van der Waals surface area (Å²) >= 11 is 0. The van der Waals surface area contributed by atoms with Crippen LogP contribution in [0.2, 0.25) is 0 Å². The number of unbranched alkanes of at least 4 members (excludes halogenated alkanes) is 1. The molecule has 120 valence electrons. The van der Waals surface area contributed by atoms with Gasteiger partial charge in [0.1, 0.15) is 0 Å². The summed E-state index contributed by atoms with van der Waals surface area (Å²) in [6, 6.07) is 1.31. The van der Waals surface area contributed by atoms with Crippen LogP contribution in [0, 0.1) is 0 Å². The Labute approximate surface area is 125 Å². The van der Waals surface area contributed by atoms with Gasteiger partial charge in [-0.2, -0.15) is 0 Å². The van der Waals surface area contributed by atoms with Crippen molar-refractivity contribution in [2.45, 2.75) is 64.6 Å². The second-order valence-corrected chi connectivity index (χ2v) is 6.83. The summed E-state index contributed by atoms with van der Waals surface area (Å²) in [4.78, 5) is 5.07. The predicted octanol–water partition coefficient (Wildman–Crippen LogP) is 1.54. The summed E-state index contributed by atoms with van der Waals surface area (Å²) in [5, 5.41) is 12.9. The van der Waals surface area contributed by atoms with Crippen LogP contribution in [0.15, 0.2) is 0 Å². The molecule has 0 spiro atoms. The molecule has 0 aromatic rings. The standard InChI is InChI=1S/C16H35N3O/c1-6-17-16(4,13-20)9-7-8-10-19-11-14(2)18(5)15(3)12-19/h14-15,17,20H,6-13H2,1-5H3. The normalized spacial score (nSPS) is 28.5. The number of aliphatic hydroxyl groups is 1. The number of nitrogens with one attached hydrogen (secondary N) is 1. The van der Waals surface area contributed by atoms with E-state index in [0.29, 0.717) is 12.1 Å². The molecule has 0 aromatic heterocycles. The Balaban J connectivity index is 2.24. The molecule has 1 aliphatic rings. The Morgan fingerprint density at radius 3 is 2.30 bits per heavy atom. The lowest BCUT2D eigenvalue weighted by molar-refractivity contribution is 0.0584. The lowest BCUT2D eigenvalue weighted by Crippen LogP contribution is -2.55. The lowest BCUT2D eigenvalue weighted by atomic mass is 9.95. The molecule has 0 radical (unpaired) electrons. The van der Waals surface area contributed by atoms with Crippen LogP contribution < -0.4 is 5.32 Å². The van der Waals surface area contributed by atoms with Crippen molar-refractivity contribution in [2.75, 3.05) is 39.8 Å². The maximum absolute atomic E-state index is 9.48. The first-order chi connectivity index (χ1) is 9.41. The van der Waals surface area contributed by atoms with Crippen molar-refractivity contribution < 1.29 is 5.11 Å². The fourth-order valence-corrected chi connectivity index (χ4v) is 3.20. The first kappa shape index (κ1) is 17.9. The van der Waals surface area contributed by atoms with Gasteiger partial charge in [0, 0.05) is 30.7 Å². The highest BCUT2D eigenvalue weighted by atomic mass is 16.3. The fourth-order valence-electron chi connectivity index (χ4n) is 3.20. The van der Waals surface area contributed by atoms with Gasteiger partial charge in [-0.25, -0.2) is 0 Å². The van der Waals surface area contributed by atoms with Gasteiger partial charge in [0.15, 0.2) is 0 Å². The quantitative estimate of drug-likeness (QED) is 0.664. The van der Waals surface area contributed by atoms with Gasteiger partial charge in [-0.3, -0.25) is 4.90 Å². The Kier molecular flexibility index (Phi) is 7.45. The van der Waals surface area contributed by atoms with Crippen molar-refractivity contribution in [3.05, 3.63) is 0 Å². The van der Waals surface area contributed by atoms with Gasteiger partial charge in [-0.1, -0.05) is 13.3 Å². The van der Waals surface area contributed by atoms with Gasteiger partial charge < -0.3 is 15.3 Å². The van der Waals surface area contributed by atoms with Crippen molar-refractivity contribution in [3.8, 4) is 0 Å². The molecule has 1 saturated heterocycles. The van der Waals surface area contributed by atoms with Crippen LogP contribution in [-0.4, -0.2) is 72.4 Å². The van der Waals surface area contributed by atoms with Crippen LogP contribution in [0.1, 0.15) is 47.0 Å². The molecule has 0 bridgehead atoms. The fraction of sp³-hybridized carbons (Fsp3) is 1.00. The molecule has 3 unspecified atom stereocenters. The zero-order chi connectivity index (χ0) is 15.2. The van der Waals surface area contributed by atoms with Crippen molar-refractivity contribution in [3.63, 3.8) is 0 Å². The third-order valence-electron chi connectivity index (χ3n) is 4.84. The second-order valence-electron chi connectivity index (χ2n) is 6.83. The van der Waals surface area contributed by atoms with Crippen LogP contribution in [0.3, 0.4) is 0 Å². The maximum Gasteiger partial charge on any atom is 0.0610 e. The van der Waals surface area contributed by atoms with Gasteiger partial charge in [0.05, 0.1) is 6.61 Å². The van der Waals surface area contributed by atoms with Crippen molar-refractivity contribution in [1.82, 2.24) is 15.1 Å². The monoisotopic (exact) mass is 285 g/mol. The molecule has 4 nitrogen and oxygen atoms in total. The number of hydrogen-bond acceptors (Lipinski definition) is 4. The first-order valence-corrected chi connectivity index (χ1v) is 8.22. The van der Waals surface area contributed by atoms with E-state index in [1.54, 1.807) is 0 Å². The Hall–Kier alpha value is -0.160. The molecule has 1 aliphatic heterocycles. The SMILES string of the molecule is CCNC(C)(CO)CCCCN1CC(C)N(C)C(C)C1. The summed E-state index contributed by atoms with van der Waals surface area (Å²) in [5.74, 6) is 0. The summed E-state index contributed by atoms with van der Waals surface area (Å²) in [6.45, 7) is 13.6. The molecule has 1 fully saturated rings. The van der Waals surface area contributed by atoms with Crippen LogP contribution in [0.4, 0.5) is 0 Å². The molecule has 0 amide bonds. The lowest BCUT2D eigenvalue weighted by Gasteiger charge is -2.42. The van der Waals surface area contributed by atoms with Crippen LogP contribution in [0.25, 0.3) is 0 Å².